The number of nitrogens with one attached hydrogen (secondary N) is 1. The van der Waals surface area contributed by atoms with Gasteiger partial charge in [-0.15, -0.1) is 21.5 Å². The average molecular weight is 471 g/mol. The van der Waals surface area contributed by atoms with Gasteiger partial charge in [0.25, 0.3) is 0 Å². The molecule has 0 radical (unpaired) electrons. The van der Waals surface area contributed by atoms with E-state index in [2.05, 4.69) is 40.0 Å². The molecular weight excluding hydrogens is 450 g/mol. The van der Waals surface area contributed by atoms with E-state index in [-0.39, 0.29) is 11.4 Å². The number of hydrogen-bond acceptors (Lipinski definition) is 5. The second-order valence-corrected chi connectivity index (χ2v) is 8.98. The summed E-state index contributed by atoms with van der Waals surface area (Å²) in [6, 6.07) is 13.2. The van der Waals surface area contributed by atoms with Crippen LogP contribution in [0.15, 0.2) is 59.1 Å². The van der Waals surface area contributed by atoms with Crippen molar-refractivity contribution < 1.29 is 13.6 Å². The molecule has 4 rings (SSSR count). The maximum Gasteiger partial charge on any atom is 0.234 e. The molecule has 0 saturated heterocycles. The predicted molar refractivity (Wildman–Crippen MR) is 125 cm³/mol. The van der Waals surface area contributed by atoms with Crippen molar-refractivity contribution in [2.45, 2.75) is 25.5 Å². The maximum absolute atomic E-state index is 13.8. The SMILES string of the molecule is CCn1c(SCC(=O)Nc2ccc(F)cc2F)nnc1-c1csc(C)c1-c1ccccc1. The van der Waals surface area contributed by atoms with Crippen molar-refractivity contribution in [1.29, 1.82) is 0 Å². The predicted octanol–water partition coefficient (Wildman–Crippen LogP) is 6.01. The smallest absolute Gasteiger partial charge is 0.234 e. The maximum atomic E-state index is 13.8. The Morgan fingerprint density at radius 2 is 1.94 bits per heavy atom. The van der Waals surface area contributed by atoms with Crippen LogP contribution < -0.4 is 5.32 Å². The number of amides is 1. The summed E-state index contributed by atoms with van der Waals surface area (Å²) >= 11 is 2.87. The van der Waals surface area contributed by atoms with Crippen molar-refractivity contribution >= 4 is 34.7 Å². The summed E-state index contributed by atoms with van der Waals surface area (Å²) in [4.78, 5) is 13.5. The largest absolute Gasteiger partial charge is 0.323 e. The lowest BCUT2D eigenvalue weighted by atomic mass is 10.0. The third-order valence-corrected chi connectivity index (χ3v) is 6.73. The number of aryl methyl sites for hydroxylation is 1. The van der Waals surface area contributed by atoms with Gasteiger partial charge in [-0.2, -0.15) is 0 Å². The second kappa shape index (κ2) is 9.62. The number of nitrogens with zero attached hydrogens (tertiary/aromatic N) is 3. The van der Waals surface area contributed by atoms with Crippen LogP contribution in [0.25, 0.3) is 22.5 Å². The number of anilines is 1. The van der Waals surface area contributed by atoms with E-state index < -0.39 is 17.5 Å². The van der Waals surface area contributed by atoms with E-state index in [0.29, 0.717) is 11.7 Å². The van der Waals surface area contributed by atoms with E-state index in [0.717, 1.165) is 34.6 Å². The van der Waals surface area contributed by atoms with Crippen molar-refractivity contribution in [1.82, 2.24) is 14.8 Å². The second-order valence-electron chi connectivity index (χ2n) is 6.96. The fourth-order valence-corrected chi connectivity index (χ4v) is 5.04. The molecule has 2 aromatic carbocycles. The van der Waals surface area contributed by atoms with Gasteiger partial charge in [0.1, 0.15) is 11.6 Å². The van der Waals surface area contributed by atoms with Crippen LogP contribution in [0.2, 0.25) is 0 Å². The molecule has 0 atom stereocenters. The monoisotopic (exact) mass is 470 g/mol. The molecule has 0 saturated carbocycles. The summed E-state index contributed by atoms with van der Waals surface area (Å²) < 4.78 is 28.8. The zero-order valence-corrected chi connectivity index (χ0v) is 19.1. The first-order valence-corrected chi connectivity index (χ1v) is 11.8. The van der Waals surface area contributed by atoms with Gasteiger partial charge in [-0.25, -0.2) is 8.78 Å². The summed E-state index contributed by atoms with van der Waals surface area (Å²) in [7, 11) is 0. The molecule has 1 amide bonds. The molecule has 4 aromatic rings. The van der Waals surface area contributed by atoms with Gasteiger partial charge >= 0.3 is 0 Å². The number of rotatable bonds is 7. The van der Waals surface area contributed by atoms with Gasteiger partial charge in [-0.1, -0.05) is 42.1 Å². The van der Waals surface area contributed by atoms with Crippen LogP contribution in [0, 0.1) is 18.6 Å². The topological polar surface area (TPSA) is 59.8 Å². The number of carbonyl (C=O) groups is 1. The van der Waals surface area contributed by atoms with Crippen molar-refractivity contribution in [2.24, 2.45) is 0 Å². The Hall–Kier alpha value is -3.04. The Labute approximate surface area is 192 Å². The molecule has 32 heavy (non-hydrogen) atoms. The lowest BCUT2D eigenvalue weighted by Crippen LogP contribution is -2.15. The molecule has 0 aliphatic heterocycles. The van der Waals surface area contributed by atoms with Crippen LogP contribution in [0.5, 0.6) is 0 Å². The Bertz CT molecular complexity index is 1250. The molecule has 0 unspecified atom stereocenters. The molecule has 0 aliphatic carbocycles. The summed E-state index contributed by atoms with van der Waals surface area (Å²) in [5.41, 5.74) is 3.18. The molecule has 0 aliphatic rings. The first-order chi connectivity index (χ1) is 15.5. The zero-order chi connectivity index (χ0) is 22.7. The number of aromatic nitrogens is 3. The van der Waals surface area contributed by atoms with Gasteiger partial charge < -0.3 is 9.88 Å². The summed E-state index contributed by atoms with van der Waals surface area (Å²) in [5, 5.41) is 13.8. The third kappa shape index (κ3) is 4.58. The van der Waals surface area contributed by atoms with Gasteiger partial charge in [0, 0.05) is 34.0 Å². The van der Waals surface area contributed by atoms with Crippen LogP contribution in [0.1, 0.15) is 11.8 Å². The number of thioether (sulfide) groups is 1. The van der Waals surface area contributed by atoms with Gasteiger partial charge in [0.2, 0.25) is 5.91 Å². The Morgan fingerprint density at radius 3 is 2.66 bits per heavy atom. The van der Waals surface area contributed by atoms with E-state index in [9.17, 15) is 13.6 Å². The first-order valence-electron chi connectivity index (χ1n) is 9.92. The van der Waals surface area contributed by atoms with E-state index in [1.165, 1.54) is 22.7 Å². The van der Waals surface area contributed by atoms with Gasteiger partial charge in [0.05, 0.1) is 11.4 Å². The van der Waals surface area contributed by atoms with Gasteiger partial charge in [-0.05, 0) is 31.5 Å². The van der Waals surface area contributed by atoms with Crippen LogP contribution >= 0.6 is 23.1 Å². The molecule has 2 heterocycles. The highest BCUT2D eigenvalue weighted by atomic mass is 32.2. The van der Waals surface area contributed by atoms with Gasteiger partial charge in [-0.3, -0.25) is 4.79 Å². The lowest BCUT2D eigenvalue weighted by Gasteiger charge is -2.10. The van der Waals surface area contributed by atoms with E-state index >= 15 is 0 Å². The fourth-order valence-electron chi connectivity index (χ4n) is 3.37. The normalized spacial score (nSPS) is 11.0. The molecule has 164 valence electrons. The van der Waals surface area contributed by atoms with Crippen molar-refractivity contribution in [3.05, 3.63) is 70.4 Å². The number of hydrogen-bond donors (Lipinski definition) is 1. The molecule has 0 spiro atoms. The fraction of sp³-hybridized carbons (Fsp3) is 0.174. The Kier molecular flexibility index (Phi) is 6.66. The molecule has 0 fully saturated rings. The van der Waals surface area contributed by atoms with E-state index in [4.69, 9.17) is 0 Å². The summed E-state index contributed by atoms with van der Waals surface area (Å²) in [6.45, 7) is 4.70. The number of benzene rings is 2. The van der Waals surface area contributed by atoms with Crippen LogP contribution in [0.3, 0.4) is 0 Å². The van der Waals surface area contributed by atoms with Crippen LogP contribution in [0.4, 0.5) is 14.5 Å². The van der Waals surface area contributed by atoms with Crippen molar-refractivity contribution in [3.63, 3.8) is 0 Å². The summed E-state index contributed by atoms with van der Waals surface area (Å²) in [5.74, 6) is -1.17. The highest BCUT2D eigenvalue weighted by Gasteiger charge is 2.20. The quantitative estimate of drug-likeness (QED) is 0.336. The van der Waals surface area contributed by atoms with E-state index in [1.807, 2.05) is 29.7 Å². The minimum atomic E-state index is -0.816. The van der Waals surface area contributed by atoms with Gasteiger partial charge in [0.15, 0.2) is 11.0 Å². The summed E-state index contributed by atoms with van der Waals surface area (Å²) in [6.07, 6.45) is 0. The Morgan fingerprint density at radius 1 is 1.16 bits per heavy atom. The third-order valence-electron chi connectivity index (χ3n) is 4.85. The highest BCUT2D eigenvalue weighted by molar-refractivity contribution is 7.99. The minimum Gasteiger partial charge on any atom is -0.323 e. The number of carbonyl (C=O) groups excluding carboxylic acids is 1. The molecule has 1 N–H and O–H groups in total. The zero-order valence-electron chi connectivity index (χ0n) is 17.4. The van der Waals surface area contributed by atoms with Crippen molar-refractivity contribution in [3.8, 4) is 22.5 Å². The molecule has 0 bridgehead atoms. The number of thiophene rings is 1. The van der Waals surface area contributed by atoms with E-state index in [1.54, 1.807) is 11.3 Å². The van der Waals surface area contributed by atoms with Crippen LogP contribution in [-0.4, -0.2) is 26.4 Å². The molecule has 9 heteroatoms. The Balaban J connectivity index is 1.54. The average Bonchev–Trinajstić information content (AvgIpc) is 3.37. The molecule has 5 nitrogen and oxygen atoms in total. The molecular formula is C23H20F2N4OS2. The first kappa shape index (κ1) is 22.2. The molecule has 2 aromatic heterocycles. The van der Waals surface area contributed by atoms with Crippen LogP contribution in [-0.2, 0) is 11.3 Å². The van der Waals surface area contributed by atoms with Crippen molar-refractivity contribution in [2.75, 3.05) is 11.1 Å². The number of halogens is 2. The minimum absolute atomic E-state index is 0.0170. The standard InChI is InChI=1S/C23H20F2N4OS2/c1-3-29-22(17-12-31-14(2)21(17)15-7-5-4-6-8-15)27-28-23(29)32-13-20(30)26-19-10-9-16(24)11-18(19)25/h4-12H,3,13H2,1-2H3,(H,26,30). The highest BCUT2D eigenvalue weighted by Crippen LogP contribution is 2.39. The lowest BCUT2D eigenvalue weighted by molar-refractivity contribution is -0.113.